The summed E-state index contributed by atoms with van der Waals surface area (Å²) in [5.74, 6) is 0.693. The third kappa shape index (κ3) is 7.38. The van der Waals surface area contributed by atoms with Crippen LogP contribution >= 0.6 is 0 Å². The molecule has 0 aliphatic carbocycles. The van der Waals surface area contributed by atoms with Crippen LogP contribution in [0.2, 0.25) is 0 Å². The molecule has 1 N–H and O–H groups in total. The molecule has 0 spiro atoms. The summed E-state index contributed by atoms with van der Waals surface area (Å²) in [4.78, 5) is 12.5. The minimum Gasteiger partial charge on any atom is -0.491 e. The lowest BCUT2D eigenvalue weighted by Crippen LogP contribution is -2.12. The summed E-state index contributed by atoms with van der Waals surface area (Å²) in [6.45, 7) is 3.13. The van der Waals surface area contributed by atoms with Gasteiger partial charge in [-0.1, -0.05) is 0 Å². The number of ketones is 1. The van der Waals surface area contributed by atoms with Crippen LogP contribution in [0.15, 0.2) is 48.5 Å². The number of benzene rings is 2. The minimum absolute atomic E-state index is 0.0130. The second-order valence-electron chi connectivity index (χ2n) is 5.75. The molecule has 146 valence electrons. The molecule has 0 heterocycles. The molecule has 2 aromatic carbocycles. The van der Waals surface area contributed by atoms with E-state index in [1.165, 1.54) is 0 Å². The highest BCUT2D eigenvalue weighted by molar-refractivity contribution is 6.09. The monoisotopic (exact) mass is 373 g/mol. The first-order chi connectivity index (χ1) is 13.2. The molecule has 0 fully saturated rings. The van der Waals surface area contributed by atoms with E-state index in [9.17, 15) is 4.79 Å². The van der Waals surface area contributed by atoms with Crippen LogP contribution in [0.1, 0.15) is 15.9 Å². The van der Waals surface area contributed by atoms with E-state index >= 15 is 0 Å². The Balaban J connectivity index is 1.69. The van der Waals surface area contributed by atoms with Crippen LogP contribution in [0.3, 0.4) is 0 Å². The highest BCUT2D eigenvalue weighted by Crippen LogP contribution is 2.17. The average Bonchev–Trinajstić information content (AvgIpc) is 2.72. The number of methoxy groups -OCH3 is 1. The quantitative estimate of drug-likeness (QED) is 0.430. The first-order valence-corrected chi connectivity index (χ1v) is 8.94. The molecule has 2 rings (SSSR count). The van der Waals surface area contributed by atoms with Crippen LogP contribution in [0.25, 0.3) is 0 Å². The molecule has 0 bridgehead atoms. The number of rotatable bonds is 13. The van der Waals surface area contributed by atoms with Crippen molar-refractivity contribution in [3.05, 3.63) is 59.7 Å². The molecule has 0 aliphatic rings. The van der Waals surface area contributed by atoms with Gasteiger partial charge in [-0.2, -0.15) is 0 Å². The van der Waals surface area contributed by atoms with Crippen molar-refractivity contribution in [3.8, 4) is 5.75 Å². The van der Waals surface area contributed by atoms with E-state index in [0.29, 0.717) is 56.5 Å². The van der Waals surface area contributed by atoms with Gasteiger partial charge in [0.05, 0.1) is 33.0 Å². The van der Waals surface area contributed by atoms with Gasteiger partial charge in [0.1, 0.15) is 12.4 Å². The highest BCUT2D eigenvalue weighted by atomic mass is 16.6. The lowest BCUT2D eigenvalue weighted by Gasteiger charge is -2.08. The Bertz CT molecular complexity index is 670. The van der Waals surface area contributed by atoms with Gasteiger partial charge in [0, 0.05) is 31.0 Å². The van der Waals surface area contributed by atoms with E-state index in [2.05, 4.69) is 5.32 Å². The van der Waals surface area contributed by atoms with Gasteiger partial charge >= 0.3 is 0 Å². The Morgan fingerprint density at radius 2 is 1.30 bits per heavy atom. The zero-order valence-electron chi connectivity index (χ0n) is 15.9. The smallest absolute Gasteiger partial charge is 0.193 e. The minimum atomic E-state index is -0.0130. The lowest BCUT2D eigenvalue weighted by atomic mass is 10.0. The van der Waals surface area contributed by atoms with Gasteiger partial charge in [-0.15, -0.1) is 0 Å². The molecule has 0 atom stereocenters. The van der Waals surface area contributed by atoms with Crippen molar-refractivity contribution < 1.29 is 23.7 Å². The standard InChI is InChI=1S/C21H27NO5/c1-22-19-7-3-17(4-8-19)21(23)18-5-9-20(10-6-18)27-16-15-26-14-13-25-12-11-24-2/h3-10,22H,11-16H2,1-2H3. The maximum Gasteiger partial charge on any atom is 0.193 e. The Morgan fingerprint density at radius 3 is 1.85 bits per heavy atom. The maximum atomic E-state index is 12.5. The zero-order valence-corrected chi connectivity index (χ0v) is 15.9. The van der Waals surface area contributed by atoms with E-state index in [0.717, 1.165) is 5.69 Å². The van der Waals surface area contributed by atoms with Gasteiger partial charge in [-0.3, -0.25) is 4.79 Å². The molecule has 6 nitrogen and oxygen atoms in total. The van der Waals surface area contributed by atoms with E-state index in [-0.39, 0.29) is 5.78 Å². The van der Waals surface area contributed by atoms with Crippen molar-refractivity contribution in [2.24, 2.45) is 0 Å². The molecule has 6 heteroatoms. The van der Waals surface area contributed by atoms with E-state index < -0.39 is 0 Å². The molecule has 0 amide bonds. The average molecular weight is 373 g/mol. The lowest BCUT2D eigenvalue weighted by molar-refractivity contribution is 0.0180. The number of carbonyl (C=O) groups excluding carboxylic acids is 1. The largest absolute Gasteiger partial charge is 0.491 e. The summed E-state index contributed by atoms with van der Waals surface area (Å²) in [6, 6.07) is 14.5. The van der Waals surface area contributed by atoms with Gasteiger partial charge in [-0.05, 0) is 48.5 Å². The SMILES string of the molecule is CNc1ccc(C(=O)c2ccc(OCCOCCOCCOC)cc2)cc1. The van der Waals surface area contributed by atoms with Crippen LogP contribution in [0.5, 0.6) is 5.75 Å². The molecule has 0 saturated heterocycles. The number of carbonyl (C=O) groups is 1. The van der Waals surface area contributed by atoms with Crippen molar-refractivity contribution in [3.63, 3.8) is 0 Å². The predicted octanol–water partition coefficient (Wildman–Crippen LogP) is 3.02. The first-order valence-electron chi connectivity index (χ1n) is 8.94. The number of anilines is 1. The molecule has 0 aromatic heterocycles. The Labute approximate surface area is 160 Å². The number of nitrogens with one attached hydrogen (secondary N) is 1. The zero-order chi connectivity index (χ0) is 19.3. The molecule has 0 radical (unpaired) electrons. The van der Waals surface area contributed by atoms with Crippen molar-refractivity contribution in [1.29, 1.82) is 0 Å². The summed E-state index contributed by atoms with van der Waals surface area (Å²) >= 11 is 0. The van der Waals surface area contributed by atoms with Crippen LogP contribution in [0.4, 0.5) is 5.69 Å². The van der Waals surface area contributed by atoms with Crippen molar-refractivity contribution in [2.45, 2.75) is 0 Å². The summed E-state index contributed by atoms with van der Waals surface area (Å²) in [7, 11) is 3.48. The Morgan fingerprint density at radius 1 is 0.778 bits per heavy atom. The van der Waals surface area contributed by atoms with E-state index in [4.69, 9.17) is 18.9 Å². The van der Waals surface area contributed by atoms with Gasteiger partial charge in [0.25, 0.3) is 0 Å². The molecule has 0 aliphatic heterocycles. The van der Waals surface area contributed by atoms with E-state index in [1.54, 1.807) is 31.4 Å². The third-order valence-corrected chi connectivity index (χ3v) is 3.85. The fourth-order valence-electron chi connectivity index (χ4n) is 2.34. The second-order valence-corrected chi connectivity index (χ2v) is 5.75. The molecule has 0 saturated carbocycles. The van der Waals surface area contributed by atoms with Crippen molar-refractivity contribution >= 4 is 11.5 Å². The highest BCUT2D eigenvalue weighted by Gasteiger charge is 2.09. The number of ether oxygens (including phenoxy) is 4. The van der Waals surface area contributed by atoms with Crippen molar-refractivity contribution in [2.75, 3.05) is 59.1 Å². The Kier molecular flexibility index (Phi) is 9.34. The predicted molar refractivity (Wildman–Crippen MR) is 105 cm³/mol. The van der Waals surface area contributed by atoms with Gasteiger partial charge < -0.3 is 24.3 Å². The van der Waals surface area contributed by atoms with Crippen LogP contribution < -0.4 is 10.1 Å². The van der Waals surface area contributed by atoms with Crippen LogP contribution in [-0.4, -0.2) is 59.6 Å². The maximum absolute atomic E-state index is 12.5. The van der Waals surface area contributed by atoms with Crippen LogP contribution in [-0.2, 0) is 14.2 Å². The summed E-state index contributed by atoms with van der Waals surface area (Å²) in [5, 5.41) is 3.03. The fraction of sp³-hybridized carbons (Fsp3) is 0.381. The van der Waals surface area contributed by atoms with E-state index in [1.807, 2.05) is 31.3 Å². The molecular formula is C21H27NO5. The van der Waals surface area contributed by atoms with Gasteiger partial charge in [0.15, 0.2) is 5.78 Å². The topological polar surface area (TPSA) is 66.0 Å². The molecule has 2 aromatic rings. The fourth-order valence-corrected chi connectivity index (χ4v) is 2.34. The molecule has 27 heavy (non-hydrogen) atoms. The summed E-state index contributed by atoms with van der Waals surface area (Å²) in [6.07, 6.45) is 0. The van der Waals surface area contributed by atoms with Gasteiger partial charge in [-0.25, -0.2) is 0 Å². The summed E-state index contributed by atoms with van der Waals surface area (Å²) < 4.78 is 21.2. The molecule has 0 unspecified atom stereocenters. The van der Waals surface area contributed by atoms with Gasteiger partial charge in [0.2, 0.25) is 0 Å². The number of hydrogen-bond acceptors (Lipinski definition) is 6. The third-order valence-electron chi connectivity index (χ3n) is 3.85. The second kappa shape index (κ2) is 12.1. The molecular weight excluding hydrogens is 346 g/mol. The normalized spacial score (nSPS) is 10.6. The Hall–Kier alpha value is -2.41. The van der Waals surface area contributed by atoms with Crippen molar-refractivity contribution in [1.82, 2.24) is 0 Å². The number of hydrogen-bond donors (Lipinski definition) is 1. The van der Waals surface area contributed by atoms with Crippen LogP contribution in [0, 0.1) is 0 Å². The summed E-state index contributed by atoms with van der Waals surface area (Å²) in [5.41, 5.74) is 2.26. The first kappa shape index (κ1) is 20.9.